The number of fused-ring (bicyclic) bond motifs is 2. The third kappa shape index (κ3) is 5.12. The Morgan fingerprint density at radius 2 is 1.10 bits per heavy atom. The molecule has 17 heteroatoms. The van der Waals surface area contributed by atoms with Gasteiger partial charge in [-0.05, 0) is 24.3 Å². The Morgan fingerprint density at radius 1 is 0.718 bits per heavy atom. The first-order valence-electron chi connectivity index (χ1n) is 10.7. The van der Waals surface area contributed by atoms with Crippen LogP contribution in [0, 0.1) is 20.2 Å². The minimum Gasteiger partial charge on any atom is -0.454 e. The molecule has 0 aliphatic carbocycles. The highest BCUT2D eigenvalue weighted by Gasteiger charge is 2.24. The second kappa shape index (κ2) is 10.2. The summed E-state index contributed by atoms with van der Waals surface area (Å²) in [5.41, 5.74) is 3.72. The van der Waals surface area contributed by atoms with Crippen molar-refractivity contribution < 1.29 is 42.8 Å². The number of benzene rings is 2. The minimum atomic E-state index is -0.854. The smallest absolute Gasteiger partial charge is 0.307 e. The molecule has 2 aromatic carbocycles. The summed E-state index contributed by atoms with van der Waals surface area (Å²) in [6, 6.07) is 7.41. The number of nitrogens with zero attached hydrogens (tertiary/aromatic N) is 4. The highest BCUT2D eigenvalue weighted by Crippen LogP contribution is 2.38. The lowest BCUT2D eigenvalue weighted by atomic mass is 10.1. The van der Waals surface area contributed by atoms with Gasteiger partial charge < -0.3 is 23.4 Å². The van der Waals surface area contributed by atoms with E-state index in [0.717, 1.165) is 12.4 Å². The number of amides is 2. The average molecular weight is 538 g/mol. The number of nitrogens with one attached hydrogen (secondary N) is 2. The molecule has 0 unspecified atom stereocenters. The number of nitro groups is 2. The van der Waals surface area contributed by atoms with Gasteiger partial charge in [-0.3, -0.25) is 29.8 Å². The lowest BCUT2D eigenvalue weighted by molar-refractivity contribution is -0.385. The monoisotopic (exact) mass is 538 g/mol. The third-order valence-corrected chi connectivity index (χ3v) is 5.23. The zero-order chi connectivity index (χ0) is 27.5. The van der Waals surface area contributed by atoms with Gasteiger partial charge in [-0.1, -0.05) is 0 Å². The molecule has 0 fully saturated rings. The number of nitro benzene ring substituents is 2. The van der Waals surface area contributed by atoms with Crippen molar-refractivity contribution in [3.8, 4) is 23.0 Å². The summed E-state index contributed by atoms with van der Waals surface area (Å²) >= 11 is 0. The van der Waals surface area contributed by atoms with E-state index in [-0.39, 0.29) is 70.6 Å². The molecule has 1 aromatic heterocycles. The largest absolute Gasteiger partial charge is 0.454 e. The number of carbonyl (C=O) groups excluding carboxylic acids is 2. The van der Waals surface area contributed by atoms with Crippen molar-refractivity contribution >= 4 is 35.6 Å². The Bertz CT molecular complexity index is 1460. The highest BCUT2D eigenvalue weighted by atomic mass is 16.7. The average Bonchev–Trinajstić information content (AvgIpc) is 3.67. The second-order valence-corrected chi connectivity index (χ2v) is 7.60. The van der Waals surface area contributed by atoms with Crippen LogP contribution in [-0.2, 0) is 0 Å². The van der Waals surface area contributed by atoms with Crippen molar-refractivity contribution in [2.45, 2.75) is 0 Å². The maximum atomic E-state index is 12.3. The molecule has 2 aliphatic heterocycles. The molecule has 0 atom stereocenters. The summed E-state index contributed by atoms with van der Waals surface area (Å²) in [6.45, 7) is -0.163. The van der Waals surface area contributed by atoms with Crippen LogP contribution in [-0.4, -0.2) is 47.7 Å². The first-order valence-corrected chi connectivity index (χ1v) is 10.7. The maximum Gasteiger partial charge on any atom is 0.307 e. The van der Waals surface area contributed by atoms with Crippen LogP contribution in [0.3, 0.4) is 0 Å². The molecule has 0 saturated carbocycles. The van der Waals surface area contributed by atoms with E-state index in [1.165, 1.54) is 36.4 Å². The molecule has 0 radical (unpaired) electrons. The number of rotatable bonds is 8. The predicted molar refractivity (Wildman–Crippen MR) is 127 cm³/mol. The van der Waals surface area contributed by atoms with Gasteiger partial charge >= 0.3 is 11.8 Å². The summed E-state index contributed by atoms with van der Waals surface area (Å²) in [6.07, 6.45) is 2.08. The Kier molecular flexibility index (Phi) is 6.43. The van der Waals surface area contributed by atoms with Crippen molar-refractivity contribution in [2.75, 3.05) is 13.6 Å². The third-order valence-electron chi connectivity index (χ3n) is 5.23. The van der Waals surface area contributed by atoms with Crippen LogP contribution in [0.25, 0.3) is 0 Å². The van der Waals surface area contributed by atoms with E-state index in [4.69, 9.17) is 23.4 Å². The van der Waals surface area contributed by atoms with Gasteiger partial charge in [0.2, 0.25) is 13.6 Å². The van der Waals surface area contributed by atoms with E-state index < -0.39 is 21.7 Å². The molecular weight excluding hydrogens is 524 g/mol. The summed E-state index contributed by atoms with van der Waals surface area (Å²) < 4.78 is 25.8. The fraction of sp³-hybridized carbons (Fsp3) is 0.0909. The first kappa shape index (κ1) is 24.7. The van der Waals surface area contributed by atoms with Crippen LogP contribution in [0.15, 0.2) is 51.0 Å². The molecule has 17 nitrogen and oxygen atoms in total. The van der Waals surface area contributed by atoms with Crippen molar-refractivity contribution in [3.05, 3.63) is 79.3 Å². The van der Waals surface area contributed by atoms with Crippen LogP contribution in [0.4, 0.5) is 11.4 Å². The quantitative estimate of drug-likeness (QED) is 0.240. The summed E-state index contributed by atoms with van der Waals surface area (Å²) in [5, 5.41) is 30.0. The van der Waals surface area contributed by atoms with Crippen LogP contribution < -0.4 is 29.8 Å². The Hall–Kier alpha value is -6.00. The van der Waals surface area contributed by atoms with Crippen LogP contribution in [0.2, 0.25) is 0 Å². The highest BCUT2D eigenvalue weighted by molar-refractivity contribution is 5.97. The van der Waals surface area contributed by atoms with E-state index in [0.29, 0.717) is 0 Å². The SMILES string of the molecule is O=C(NN=Cc1cc2c(cc1[N+](=O)[O-])OCO2)c1ccc(C(=O)NN=Cc2cc3c(cc2[N+](=O)[O-])OCO3)o1. The predicted octanol–water partition coefficient (Wildman–Crippen LogP) is 2.08. The van der Waals surface area contributed by atoms with Crippen molar-refractivity contribution in [2.24, 2.45) is 10.2 Å². The Balaban J connectivity index is 1.21. The standard InChI is InChI=1S/C22H14N6O11/c29-21(25-23-7-11-3-17-19(37-9-35-17)5-13(11)27(31)32)15-1-2-16(39-15)22(30)26-24-8-12-4-18-20(38-10-36-18)6-14(12)28(33)34/h1-8H,9-10H2,(H,25,29)(H,26,30). The van der Waals surface area contributed by atoms with E-state index in [9.17, 15) is 29.8 Å². The van der Waals surface area contributed by atoms with Gasteiger partial charge in [0.1, 0.15) is 0 Å². The van der Waals surface area contributed by atoms with E-state index in [2.05, 4.69) is 21.1 Å². The number of hydrogen-bond donors (Lipinski definition) is 2. The Labute approximate surface area is 215 Å². The van der Waals surface area contributed by atoms with Gasteiger partial charge in [0.05, 0.1) is 45.5 Å². The van der Waals surface area contributed by atoms with Gasteiger partial charge in [-0.15, -0.1) is 0 Å². The van der Waals surface area contributed by atoms with Gasteiger partial charge in [0, 0.05) is 0 Å². The molecule has 2 aliphatic rings. The summed E-state index contributed by atoms with van der Waals surface area (Å²) in [5.74, 6) is -1.32. The number of furan rings is 1. The van der Waals surface area contributed by atoms with Crippen molar-refractivity contribution in [1.82, 2.24) is 10.9 Å². The molecule has 5 rings (SSSR count). The molecule has 0 bridgehead atoms. The van der Waals surface area contributed by atoms with Crippen molar-refractivity contribution in [1.29, 1.82) is 0 Å². The summed E-state index contributed by atoms with van der Waals surface area (Å²) in [7, 11) is 0. The van der Waals surface area contributed by atoms with Crippen LogP contribution >= 0.6 is 0 Å². The van der Waals surface area contributed by atoms with Crippen molar-refractivity contribution in [3.63, 3.8) is 0 Å². The van der Waals surface area contributed by atoms with Gasteiger partial charge in [-0.2, -0.15) is 10.2 Å². The van der Waals surface area contributed by atoms with E-state index in [1.807, 2.05) is 0 Å². The van der Waals surface area contributed by atoms with Crippen LogP contribution in [0.1, 0.15) is 32.2 Å². The zero-order valence-corrected chi connectivity index (χ0v) is 19.3. The lowest BCUT2D eigenvalue weighted by Gasteiger charge is -2.01. The number of hydrazone groups is 2. The minimum absolute atomic E-state index is 0.0459. The molecule has 39 heavy (non-hydrogen) atoms. The molecule has 3 heterocycles. The summed E-state index contributed by atoms with van der Waals surface area (Å²) in [4.78, 5) is 46.0. The van der Waals surface area contributed by atoms with E-state index >= 15 is 0 Å². The van der Waals surface area contributed by atoms with Gasteiger partial charge in [0.15, 0.2) is 34.5 Å². The lowest BCUT2D eigenvalue weighted by Crippen LogP contribution is -2.18. The molecular formula is C22H14N6O11. The molecule has 0 saturated heterocycles. The number of ether oxygens (including phenoxy) is 4. The zero-order valence-electron chi connectivity index (χ0n) is 19.3. The fourth-order valence-electron chi connectivity index (χ4n) is 3.43. The topological polar surface area (TPSA) is 219 Å². The van der Waals surface area contributed by atoms with Crippen LogP contribution in [0.5, 0.6) is 23.0 Å². The van der Waals surface area contributed by atoms with Gasteiger partial charge in [-0.25, -0.2) is 10.9 Å². The molecule has 2 amide bonds. The molecule has 198 valence electrons. The number of carbonyl (C=O) groups is 2. The van der Waals surface area contributed by atoms with Gasteiger partial charge in [0.25, 0.3) is 11.4 Å². The molecule has 2 N–H and O–H groups in total. The number of hydrogen-bond acceptors (Lipinski definition) is 13. The normalized spacial score (nSPS) is 13.1. The fourth-order valence-corrected chi connectivity index (χ4v) is 3.43. The molecule has 0 spiro atoms. The van der Waals surface area contributed by atoms with E-state index in [1.54, 1.807) is 0 Å². The second-order valence-electron chi connectivity index (χ2n) is 7.60. The Morgan fingerprint density at radius 3 is 1.49 bits per heavy atom. The first-order chi connectivity index (χ1) is 18.8. The maximum absolute atomic E-state index is 12.3. The molecule has 3 aromatic rings.